The largest absolute Gasteiger partial charge is 0.478 e. The van der Waals surface area contributed by atoms with Crippen molar-refractivity contribution in [1.29, 1.82) is 0 Å². The molecule has 3 aliphatic heterocycles. The molecular formula is C18H18ClN3O6. The molecule has 0 bridgehead atoms. The molecule has 0 aliphatic carbocycles. The number of guanidine groups is 1. The molecule has 0 radical (unpaired) electrons. The van der Waals surface area contributed by atoms with E-state index in [2.05, 4.69) is 26.7 Å². The fourth-order valence-electron chi connectivity index (χ4n) is 3.65. The van der Waals surface area contributed by atoms with Gasteiger partial charge >= 0.3 is 11.9 Å². The number of para-hydroxylation sites is 1. The van der Waals surface area contributed by atoms with Crippen LogP contribution in [0.1, 0.15) is 5.56 Å². The number of benzene rings is 1. The Morgan fingerprint density at radius 3 is 2.36 bits per heavy atom. The molecule has 0 aromatic heterocycles. The number of fused-ring (bicyclic) bond motifs is 5. The number of hydrogen-bond acceptors (Lipinski definition) is 5. The van der Waals surface area contributed by atoms with Gasteiger partial charge < -0.3 is 5.11 Å². The third-order valence-corrected chi connectivity index (χ3v) is 4.50. The van der Waals surface area contributed by atoms with Gasteiger partial charge in [0, 0.05) is 5.56 Å². The van der Waals surface area contributed by atoms with Crippen LogP contribution in [0, 0.1) is 10.2 Å². The average Bonchev–Trinajstić information content (AvgIpc) is 2.94. The third-order valence-electron chi connectivity index (χ3n) is 4.50. The van der Waals surface area contributed by atoms with Crippen LogP contribution in [0.5, 0.6) is 0 Å². The molecular weight excluding hydrogens is 390 g/mol. The summed E-state index contributed by atoms with van der Waals surface area (Å²) in [6.07, 6.45) is 10.1. The summed E-state index contributed by atoms with van der Waals surface area (Å²) in [5, 5.41) is 9.63. The molecule has 4 rings (SSSR count). The number of halogens is 1. The highest BCUT2D eigenvalue weighted by molar-refractivity contribution is 6.20. The lowest BCUT2D eigenvalue weighted by Gasteiger charge is -2.26. The maximum atomic E-state index is 11.7. The number of anilines is 1. The predicted molar refractivity (Wildman–Crippen MR) is 89.3 cm³/mol. The number of nitrogens with zero attached hydrogens (tertiary/aromatic N) is 3. The quantitative estimate of drug-likeness (QED) is 0.485. The lowest BCUT2D eigenvalue weighted by Crippen LogP contribution is -2.68. The van der Waals surface area contributed by atoms with Crippen molar-refractivity contribution >= 4 is 23.2 Å². The van der Waals surface area contributed by atoms with Crippen molar-refractivity contribution in [3.05, 3.63) is 60.3 Å². The summed E-state index contributed by atoms with van der Waals surface area (Å²) < 4.78 is 36.0. The van der Waals surface area contributed by atoms with Crippen LogP contribution in [0.15, 0.2) is 54.8 Å². The van der Waals surface area contributed by atoms with Crippen LogP contribution in [-0.2, 0) is 4.79 Å². The number of carbonyl (C=O) groups is 1. The Hall–Kier alpha value is -2.69. The molecule has 1 aromatic carbocycles. The minimum atomic E-state index is -4.94. The molecule has 3 aliphatic rings. The second-order valence-corrected chi connectivity index (χ2v) is 7.22. The Kier molecular flexibility index (Phi) is 5.28. The molecule has 0 saturated carbocycles. The zero-order valence-corrected chi connectivity index (χ0v) is 15.8. The Morgan fingerprint density at radius 2 is 1.75 bits per heavy atom. The first-order valence-electron chi connectivity index (χ1n) is 8.22. The molecule has 2 unspecified atom stereocenters. The lowest BCUT2D eigenvalue weighted by molar-refractivity contribution is -2.00. The van der Waals surface area contributed by atoms with Crippen molar-refractivity contribution in [2.75, 3.05) is 19.0 Å². The number of aliphatic carboxylic acids is 1. The highest BCUT2D eigenvalue weighted by Gasteiger charge is 2.53. The van der Waals surface area contributed by atoms with Crippen molar-refractivity contribution < 1.29 is 43.4 Å². The van der Waals surface area contributed by atoms with E-state index in [0.717, 1.165) is 17.2 Å². The van der Waals surface area contributed by atoms with Crippen molar-refractivity contribution in [1.82, 2.24) is 4.90 Å². The van der Waals surface area contributed by atoms with Crippen LogP contribution in [0.4, 0.5) is 5.69 Å². The van der Waals surface area contributed by atoms with E-state index < -0.39 is 16.2 Å². The topological polar surface area (TPSA) is 139 Å². The minimum Gasteiger partial charge on any atom is -0.478 e. The first kappa shape index (κ1) is 20.1. The molecule has 2 atom stereocenters. The lowest BCUT2D eigenvalue weighted by atomic mass is 9.93. The van der Waals surface area contributed by atoms with E-state index in [1.807, 2.05) is 56.6 Å². The van der Waals surface area contributed by atoms with Gasteiger partial charge in [0.1, 0.15) is 17.8 Å². The molecule has 148 valence electrons. The van der Waals surface area contributed by atoms with Gasteiger partial charge in [-0.1, -0.05) is 24.3 Å². The van der Waals surface area contributed by atoms with Crippen molar-refractivity contribution in [3.8, 4) is 0 Å². The highest BCUT2D eigenvalue weighted by Crippen LogP contribution is 2.41. The van der Waals surface area contributed by atoms with Crippen molar-refractivity contribution in [2.24, 2.45) is 0 Å². The molecule has 28 heavy (non-hydrogen) atoms. The van der Waals surface area contributed by atoms with Gasteiger partial charge in [-0.25, -0.2) is 33.2 Å². The van der Waals surface area contributed by atoms with Gasteiger partial charge in [-0.05, 0) is 24.3 Å². The monoisotopic (exact) mass is 407 g/mol. The van der Waals surface area contributed by atoms with Gasteiger partial charge in [-0.15, -0.1) is 10.2 Å². The SMILES string of the molecule is C[N+](C)=C1N2C=CC=CC2C2C=C(C(=O)O)c3ccccc3N12.[O-][Cl+3]([O-])([O-])[O-]. The second kappa shape index (κ2) is 7.38. The normalized spacial score (nSPS) is 21.9. The average molecular weight is 408 g/mol. The molecule has 1 saturated heterocycles. The molecule has 9 nitrogen and oxygen atoms in total. The summed E-state index contributed by atoms with van der Waals surface area (Å²) >= 11 is 0. The van der Waals surface area contributed by atoms with Gasteiger partial charge in [-0.3, -0.25) is 4.58 Å². The summed E-state index contributed by atoms with van der Waals surface area (Å²) in [7, 11) is -0.917. The fourth-order valence-corrected chi connectivity index (χ4v) is 3.65. The van der Waals surface area contributed by atoms with E-state index in [-0.39, 0.29) is 12.1 Å². The first-order chi connectivity index (χ1) is 13.1. The molecule has 1 N–H and O–H groups in total. The second-order valence-electron chi connectivity index (χ2n) is 6.46. The minimum absolute atomic E-state index is 0.0328. The first-order valence-corrected chi connectivity index (χ1v) is 9.46. The van der Waals surface area contributed by atoms with Crippen LogP contribution in [0.2, 0.25) is 0 Å². The molecule has 1 aromatic rings. The summed E-state index contributed by atoms with van der Waals surface area (Å²) in [6.45, 7) is 0. The molecule has 10 heteroatoms. The van der Waals surface area contributed by atoms with Crippen molar-refractivity contribution in [3.63, 3.8) is 0 Å². The summed E-state index contributed by atoms with van der Waals surface area (Å²) in [5.74, 6) is 0.172. The van der Waals surface area contributed by atoms with Gasteiger partial charge in [0.2, 0.25) is 0 Å². The zero-order chi connectivity index (χ0) is 20.6. The smallest absolute Gasteiger partial charge is 0.360 e. The number of rotatable bonds is 1. The number of carboxylic acids is 1. The maximum absolute atomic E-state index is 11.7. The Morgan fingerprint density at radius 1 is 1.11 bits per heavy atom. The van der Waals surface area contributed by atoms with E-state index in [1.54, 1.807) is 0 Å². The van der Waals surface area contributed by atoms with E-state index in [1.165, 1.54) is 0 Å². The third kappa shape index (κ3) is 3.79. The van der Waals surface area contributed by atoms with Gasteiger partial charge in [0.15, 0.2) is 0 Å². The van der Waals surface area contributed by atoms with Crippen LogP contribution in [0.3, 0.4) is 0 Å². The van der Waals surface area contributed by atoms with E-state index in [4.69, 9.17) is 18.6 Å². The summed E-state index contributed by atoms with van der Waals surface area (Å²) in [5.41, 5.74) is 2.09. The van der Waals surface area contributed by atoms with Crippen LogP contribution < -0.4 is 23.5 Å². The van der Waals surface area contributed by atoms with Crippen LogP contribution in [-0.4, -0.2) is 52.7 Å². The summed E-state index contributed by atoms with van der Waals surface area (Å²) in [4.78, 5) is 16.2. The highest BCUT2D eigenvalue weighted by atomic mass is 35.7. The molecule has 1 fully saturated rings. The Labute approximate surface area is 163 Å². The van der Waals surface area contributed by atoms with Crippen LogP contribution >= 0.6 is 0 Å². The number of carboxylic acid groups (broad SMARTS) is 1. The van der Waals surface area contributed by atoms with Gasteiger partial charge in [0.25, 0.3) is 0 Å². The molecule has 0 spiro atoms. The van der Waals surface area contributed by atoms with E-state index in [9.17, 15) is 9.90 Å². The summed E-state index contributed by atoms with van der Waals surface area (Å²) in [6, 6.07) is 7.77. The van der Waals surface area contributed by atoms with Crippen LogP contribution in [0.25, 0.3) is 5.57 Å². The van der Waals surface area contributed by atoms with Gasteiger partial charge in [0.05, 0.1) is 25.9 Å². The maximum Gasteiger partial charge on any atom is 0.360 e. The van der Waals surface area contributed by atoms with Crippen molar-refractivity contribution in [2.45, 2.75) is 12.1 Å². The standard InChI is InChI=1S/C18H17N3O2.ClHO4/c1-19(2)18-20-10-6-5-9-15(20)16-11-13(17(22)23)12-7-3-4-8-14(12)21(16)18;2-1(3,4)5/h3-11,15-16H,1-2H3;(H,2,3,4,5). The zero-order valence-electron chi connectivity index (χ0n) is 15.1. The molecule has 3 heterocycles. The van der Waals surface area contributed by atoms with Gasteiger partial charge in [-0.2, -0.15) is 0 Å². The number of hydrogen-bond donors (Lipinski definition) is 1. The fraction of sp³-hybridized carbons (Fsp3) is 0.222. The Bertz CT molecular complexity index is 908. The molecule has 0 amide bonds. The predicted octanol–water partition coefficient (Wildman–Crippen LogP) is -3.02. The van der Waals surface area contributed by atoms with E-state index in [0.29, 0.717) is 5.57 Å². The van der Waals surface area contributed by atoms with E-state index >= 15 is 0 Å². The number of allylic oxidation sites excluding steroid dienone is 2. The Balaban J connectivity index is 0.000000403.